The Balaban J connectivity index is 1.26. The number of imidazole rings is 1. The Morgan fingerprint density at radius 2 is 1.85 bits per heavy atom. The van der Waals surface area contributed by atoms with E-state index in [4.69, 9.17) is 16.6 Å². The number of hydrogen-bond acceptors (Lipinski definition) is 7. The lowest BCUT2D eigenvalue weighted by Gasteiger charge is -2.20. The van der Waals surface area contributed by atoms with Gasteiger partial charge in [-0.05, 0) is 98.3 Å². The Morgan fingerprint density at radius 1 is 1.04 bits per heavy atom. The first kappa shape index (κ1) is 32.8. The third-order valence-electron chi connectivity index (χ3n) is 8.55. The van der Waals surface area contributed by atoms with Gasteiger partial charge >= 0.3 is 5.97 Å². The number of pyridine rings is 1. The molecular weight excluding hydrogens is 628 g/mol. The zero-order valence-corrected chi connectivity index (χ0v) is 27.8. The number of benzene rings is 3. The van der Waals surface area contributed by atoms with Crippen LogP contribution in [0.4, 0.5) is 0 Å². The zero-order valence-electron chi connectivity index (χ0n) is 27.0. The van der Waals surface area contributed by atoms with Gasteiger partial charge in [-0.25, -0.2) is 9.67 Å². The van der Waals surface area contributed by atoms with Gasteiger partial charge in [0.05, 0.1) is 17.1 Å². The van der Waals surface area contributed by atoms with Crippen molar-refractivity contribution in [2.75, 3.05) is 6.54 Å². The summed E-state index contributed by atoms with van der Waals surface area (Å²) in [6.07, 6.45) is 4.18. The first-order valence-electron chi connectivity index (χ1n) is 15.8. The number of aliphatic carboxylic acids is 1. The predicted octanol–water partition coefficient (Wildman–Crippen LogP) is 6.02. The average Bonchev–Trinajstić information content (AvgIpc) is 3.73. The molecule has 1 atom stereocenters. The Labute approximate surface area is 282 Å². The van der Waals surface area contributed by atoms with Gasteiger partial charge in [0.15, 0.2) is 0 Å². The molecule has 0 spiro atoms. The molecule has 11 nitrogen and oxygen atoms in total. The van der Waals surface area contributed by atoms with Crippen molar-refractivity contribution in [2.45, 2.75) is 52.5 Å². The van der Waals surface area contributed by atoms with Crippen LogP contribution < -0.4 is 10.9 Å². The van der Waals surface area contributed by atoms with E-state index in [0.717, 1.165) is 47.2 Å². The predicted molar refractivity (Wildman–Crippen MR) is 185 cm³/mol. The number of hydrogen-bond donors (Lipinski definition) is 4. The molecule has 6 aromatic rings. The summed E-state index contributed by atoms with van der Waals surface area (Å²) in [5.41, 5.74) is 5.72. The first-order valence-corrected chi connectivity index (χ1v) is 16.2. The minimum Gasteiger partial charge on any atom is -0.481 e. The van der Waals surface area contributed by atoms with Gasteiger partial charge in [-0.15, -0.1) is 5.10 Å². The van der Waals surface area contributed by atoms with Crippen LogP contribution in [0, 0.1) is 12.3 Å². The summed E-state index contributed by atoms with van der Waals surface area (Å²) < 4.78 is 1.69. The number of carboxylic acid groups (broad SMARTS) is 1. The maximum Gasteiger partial charge on any atom is 0.309 e. The van der Waals surface area contributed by atoms with Crippen molar-refractivity contribution in [3.8, 4) is 16.9 Å². The lowest BCUT2D eigenvalue weighted by Crippen LogP contribution is -2.27. The number of rotatable bonds is 13. The Kier molecular flexibility index (Phi) is 9.51. The number of tetrazole rings is 1. The molecule has 48 heavy (non-hydrogen) atoms. The van der Waals surface area contributed by atoms with E-state index in [1.807, 2.05) is 42.5 Å². The number of carboxylic acids is 1. The van der Waals surface area contributed by atoms with Gasteiger partial charge in [-0.3, -0.25) is 9.59 Å². The summed E-state index contributed by atoms with van der Waals surface area (Å²) >= 11 is 6.81. The van der Waals surface area contributed by atoms with Gasteiger partial charge in [-0.1, -0.05) is 65.7 Å². The monoisotopic (exact) mass is 664 g/mol. The number of halogens is 1. The molecule has 0 aliphatic carbocycles. The number of nitrogens with one attached hydrogen (secondary N) is 3. The van der Waals surface area contributed by atoms with E-state index in [1.165, 1.54) is 11.6 Å². The molecule has 0 saturated carbocycles. The molecule has 0 saturated heterocycles. The molecule has 3 aromatic heterocycles. The van der Waals surface area contributed by atoms with Crippen molar-refractivity contribution in [2.24, 2.45) is 5.41 Å². The van der Waals surface area contributed by atoms with Crippen molar-refractivity contribution in [3.05, 3.63) is 123 Å². The SMILES string of the molecule is Cc1ccc(-n2cnnn2)c(CCCNC(Cc2ccccc2)c2nc(-c3ccc4[nH]c(=O)cc(CC(C)(C)C(=O)O)c4c3)c(Cl)[nH]2)c1. The van der Waals surface area contributed by atoms with Crippen LogP contribution in [0.2, 0.25) is 5.15 Å². The van der Waals surface area contributed by atoms with E-state index < -0.39 is 11.4 Å². The van der Waals surface area contributed by atoms with Crippen LogP contribution in [-0.4, -0.2) is 52.8 Å². The van der Waals surface area contributed by atoms with E-state index in [0.29, 0.717) is 34.2 Å². The van der Waals surface area contributed by atoms with Crippen molar-refractivity contribution in [1.82, 2.24) is 40.5 Å². The highest BCUT2D eigenvalue weighted by Crippen LogP contribution is 2.33. The van der Waals surface area contributed by atoms with Crippen molar-refractivity contribution >= 4 is 28.5 Å². The smallest absolute Gasteiger partial charge is 0.309 e. The third kappa shape index (κ3) is 7.37. The fourth-order valence-electron chi connectivity index (χ4n) is 5.97. The standard InChI is InChI=1S/C36H37ClN8O3/c1-22-11-14-30(45-21-39-43-44-45)24(16-22)10-7-15-38-29(17-23-8-5-4-6-9-23)34-41-32(33(37)42-34)25-12-13-28-27(18-25)26(19-31(46)40-28)20-36(2,3)35(47)48/h4-6,8-9,11-14,16,18-19,21,29,38H,7,10,15,17,20H2,1-3H3,(H,40,46)(H,41,42)(H,47,48). The van der Waals surface area contributed by atoms with Crippen molar-refractivity contribution in [3.63, 3.8) is 0 Å². The second-order valence-corrected chi connectivity index (χ2v) is 13.1. The molecule has 0 aliphatic heterocycles. The number of H-pyrrole nitrogens is 2. The van der Waals surface area contributed by atoms with Crippen LogP contribution in [0.25, 0.3) is 27.8 Å². The fraction of sp³-hybridized carbons (Fsp3) is 0.278. The average molecular weight is 665 g/mol. The van der Waals surface area contributed by atoms with Crippen LogP contribution >= 0.6 is 11.6 Å². The van der Waals surface area contributed by atoms with E-state index in [9.17, 15) is 14.7 Å². The minimum absolute atomic E-state index is 0.154. The van der Waals surface area contributed by atoms with Crippen molar-refractivity contribution < 1.29 is 9.90 Å². The van der Waals surface area contributed by atoms with Gasteiger partial charge in [0, 0.05) is 22.5 Å². The van der Waals surface area contributed by atoms with Crippen LogP contribution in [0.3, 0.4) is 0 Å². The minimum atomic E-state index is -1.06. The molecule has 6 rings (SSSR count). The van der Waals surface area contributed by atoms with Crippen LogP contribution in [0.1, 0.15) is 54.4 Å². The second kappa shape index (κ2) is 13.9. The number of fused-ring (bicyclic) bond motifs is 1. The Morgan fingerprint density at radius 3 is 2.60 bits per heavy atom. The molecule has 1 unspecified atom stereocenters. The molecular formula is C36H37ClN8O3. The molecule has 246 valence electrons. The summed E-state index contributed by atoms with van der Waals surface area (Å²) in [7, 11) is 0. The molecule has 0 amide bonds. The maximum atomic E-state index is 12.4. The molecule has 0 fully saturated rings. The van der Waals surface area contributed by atoms with Crippen LogP contribution in [-0.2, 0) is 24.1 Å². The zero-order chi connectivity index (χ0) is 33.8. The van der Waals surface area contributed by atoms with Gasteiger partial charge in [0.1, 0.15) is 23.0 Å². The molecule has 0 bridgehead atoms. The van der Waals surface area contributed by atoms with Gasteiger partial charge < -0.3 is 20.4 Å². The molecule has 3 aromatic carbocycles. The highest BCUT2D eigenvalue weighted by Gasteiger charge is 2.28. The van der Waals surface area contributed by atoms with E-state index >= 15 is 0 Å². The number of nitrogens with zero attached hydrogens (tertiary/aromatic N) is 5. The number of aromatic nitrogens is 7. The van der Waals surface area contributed by atoms with Gasteiger partial charge in [0.25, 0.3) is 0 Å². The van der Waals surface area contributed by atoms with Crippen LogP contribution in [0.15, 0.2) is 83.9 Å². The molecule has 4 N–H and O–H groups in total. The lowest BCUT2D eigenvalue weighted by atomic mass is 9.84. The quantitative estimate of drug-likeness (QED) is 0.109. The van der Waals surface area contributed by atoms with E-state index in [-0.39, 0.29) is 18.0 Å². The Bertz CT molecular complexity index is 2110. The van der Waals surface area contributed by atoms with Crippen LogP contribution in [0.5, 0.6) is 0 Å². The third-order valence-corrected chi connectivity index (χ3v) is 8.82. The summed E-state index contributed by atoms with van der Waals surface area (Å²) in [5, 5.41) is 26.2. The normalized spacial score (nSPS) is 12.4. The topological polar surface area (TPSA) is 154 Å². The fourth-order valence-corrected chi connectivity index (χ4v) is 6.22. The number of aromatic amines is 2. The molecule has 12 heteroatoms. The van der Waals surface area contributed by atoms with E-state index in [1.54, 1.807) is 24.9 Å². The number of aryl methyl sites for hydroxylation is 2. The molecule has 3 heterocycles. The summed E-state index contributed by atoms with van der Waals surface area (Å²) in [6, 6.07) is 23.4. The Hall–Kier alpha value is -5.13. The summed E-state index contributed by atoms with van der Waals surface area (Å²) in [6.45, 7) is 6.10. The molecule has 0 radical (unpaired) electrons. The maximum absolute atomic E-state index is 12.4. The number of carbonyl (C=O) groups is 1. The second-order valence-electron chi connectivity index (χ2n) is 12.8. The first-order chi connectivity index (χ1) is 23.1. The van der Waals surface area contributed by atoms with Gasteiger partial charge in [-0.2, -0.15) is 0 Å². The largest absolute Gasteiger partial charge is 0.481 e. The lowest BCUT2D eigenvalue weighted by molar-refractivity contribution is -0.146. The van der Waals surface area contributed by atoms with Crippen molar-refractivity contribution in [1.29, 1.82) is 0 Å². The van der Waals surface area contributed by atoms with Gasteiger partial charge in [0.2, 0.25) is 5.56 Å². The summed E-state index contributed by atoms with van der Waals surface area (Å²) in [5.74, 6) is -0.228. The highest BCUT2D eigenvalue weighted by molar-refractivity contribution is 6.32. The molecule has 0 aliphatic rings. The van der Waals surface area contributed by atoms with E-state index in [2.05, 4.69) is 62.0 Å². The highest BCUT2D eigenvalue weighted by atomic mass is 35.5. The summed E-state index contributed by atoms with van der Waals surface area (Å²) in [4.78, 5) is 35.5.